The highest BCUT2D eigenvalue weighted by atomic mass is 79.9. The summed E-state index contributed by atoms with van der Waals surface area (Å²) in [4.78, 5) is 2.42. The number of rotatable bonds is 2. The van der Waals surface area contributed by atoms with Crippen LogP contribution in [0.3, 0.4) is 0 Å². The van der Waals surface area contributed by atoms with Gasteiger partial charge in [-0.15, -0.1) is 0 Å². The highest BCUT2D eigenvalue weighted by Crippen LogP contribution is 2.38. The quantitative estimate of drug-likeness (QED) is 0.872. The van der Waals surface area contributed by atoms with E-state index in [1.165, 1.54) is 12.1 Å². The van der Waals surface area contributed by atoms with Crippen LogP contribution in [0.25, 0.3) is 0 Å². The van der Waals surface area contributed by atoms with Crippen LogP contribution in [0.1, 0.15) is 45.8 Å². The summed E-state index contributed by atoms with van der Waals surface area (Å²) < 4.78 is 1.03. The van der Waals surface area contributed by atoms with Crippen LogP contribution >= 0.6 is 15.9 Å². The summed E-state index contributed by atoms with van der Waals surface area (Å²) >= 11 is 3.49. The smallest absolute Gasteiger partial charge is 0.0782 e. The van der Waals surface area contributed by atoms with Crippen molar-refractivity contribution in [2.75, 3.05) is 18.0 Å². The lowest BCUT2D eigenvalue weighted by Gasteiger charge is -2.28. The number of aliphatic hydroxyl groups is 1. The van der Waals surface area contributed by atoms with Gasteiger partial charge in [-0.1, -0.05) is 36.7 Å². The van der Waals surface area contributed by atoms with E-state index >= 15 is 0 Å². The molecule has 0 spiro atoms. The fraction of sp³-hybridized carbons (Fsp3) is 0.625. The molecule has 1 aromatic rings. The monoisotopic (exact) mass is 325 g/mol. The van der Waals surface area contributed by atoms with E-state index in [1.54, 1.807) is 0 Å². The Hall–Kier alpha value is -0.540. The van der Waals surface area contributed by atoms with E-state index in [1.807, 2.05) is 13.0 Å². The molecule has 2 unspecified atom stereocenters. The first-order valence-corrected chi connectivity index (χ1v) is 7.81. The van der Waals surface area contributed by atoms with Gasteiger partial charge in [0.2, 0.25) is 0 Å². The van der Waals surface area contributed by atoms with Gasteiger partial charge < -0.3 is 10.0 Å². The van der Waals surface area contributed by atoms with Gasteiger partial charge in [0.1, 0.15) is 0 Å². The van der Waals surface area contributed by atoms with Gasteiger partial charge in [-0.25, -0.2) is 0 Å². The number of nitrogens with zero attached hydrogens (tertiary/aromatic N) is 1. The van der Waals surface area contributed by atoms with Crippen LogP contribution in [0.2, 0.25) is 0 Å². The van der Waals surface area contributed by atoms with E-state index in [2.05, 4.69) is 53.7 Å². The molecule has 1 N–H and O–H groups in total. The zero-order valence-corrected chi connectivity index (χ0v) is 13.9. The molecule has 19 heavy (non-hydrogen) atoms. The molecule has 0 bridgehead atoms. The molecule has 106 valence electrons. The minimum absolute atomic E-state index is 0.356. The van der Waals surface area contributed by atoms with Gasteiger partial charge in [-0.05, 0) is 42.9 Å². The van der Waals surface area contributed by atoms with E-state index < -0.39 is 6.10 Å². The molecule has 1 aliphatic heterocycles. The van der Waals surface area contributed by atoms with Gasteiger partial charge >= 0.3 is 0 Å². The van der Waals surface area contributed by atoms with E-state index in [9.17, 15) is 5.11 Å². The minimum Gasteiger partial charge on any atom is -0.389 e. The Labute approximate surface area is 124 Å². The first-order valence-electron chi connectivity index (χ1n) is 7.01. The highest BCUT2D eigenvalue weighted by molar-refractivity contribution is 9.10. The van der Waals surface area contributed by atoms with Crippen molar-refractivity contribution in [3.63, 3.8) is 0 Å². The predicted molar refractivity (Wildman–Crippen MR) is 84.6 cm³/mol. The first-order chi connectivity index (χ1) is 8.79. The third-order valence-corrected chi connectivity index (χ3v) is 4.69. The molecule has 0 aliphatic carbocycles. The Kier molecular flexibility index (Phi) is 4.26. The second-order valence-corrected chi connectivity index (χ2v) is 7.59. The molecule has 0 radical (unpaired) electrons. The maximum atomic E-state index is 9.97. The predicted octanol–water partition coefficient (Wildman–Crippen LogP) is 4.37. The lowest BCUT2D eigenvalue weighted by Crippen LogP contribution is -2.26. The molecule has 1 aromatic carbocycles. The van der Waals surface area contributed by atoms with Crippen LogP contribution in [-0.2, 0) is 0 Å². The lowest BCUT2D eigenvalue weighted by atomic mass is 9.80. The second kappa shape index (κ2) is 5.45. The van der Waals surface area contributed by atoms with Crippen molar-refractivity contribution in [3.05, 3.63) is 28.2 Å². The molecule has 2 atom stereocenters. The topological polar surface area (TPSA) is 23.5 Å². The summed E-state index contributed by atoms with van der Waals surface area (Å²) in [5, 5.41) is 9.97. The van der Waals surface area contributed by atoms with Crippen molar-refractivity contribution in [2.45, 2.75) is 40.2 Å². The molecular weight excluding hydrogens is 302 g/mol. The summed E-state index contributed by atoms with van der Waals surface area (Å²) in [6.07, 6.45) is 0.805. The van der Waals surface area contributed by atoms with Gasteiger partial charge in [0.05, 0.1) is 6.10 Å². The molecule has 1 fully saturated rings. The molecule has 0 aromatic heterocycles. The summed E-state index contributed by atoms with van der Waals surface area (Å²) in [5.41, 5.74) is 2.56. The van der Waals surface area contributed by atoms with Crippen LogP contribution in [0, 0.1) is 11.3 Å². The van der Waals surface area contributed by atoms with Crippen molar-refractivity contribution < 1.29 is 5.11 Å². The van der Waals surface area contributed by atoms with Gasteiger partial charge in [0.15, 0.2) is 0 Å². The van der Waals surface area contributed by atoms with Crippen LogP contribution in [-0.4, -0.2) is 18.2 Å². The fourth-order valence-electron chi connectivity index (χ4n) is 2.83. The zero-order valence-electron chi connectivity index (χ0n) is 12.3. The van der Waals surface area contributed by atoms with Crippen molar-refractivity contribution in [1.82, 2.24) is 0 Å². The SMILES string of the molecule is CC(O)c1cc(Br)ccc1N1CCC(C(C)(C)C)C1. The molecule has 1 aliphatic rings. The third-order valence-electron chi connectivity index (χ3n) is 4.19. The van der Waals surface area contributed by atoms with E-state index in [4.69, 9.17) is 0 Å². The Balaban J connectivity index is 2.24. The van der Waals surface area contributed by atoms with Crippen LogP contribution in [0.15, 0.2) is 22.7 Å². The molecule has 3 heteroatoms. The molecule has 1 heterocycles. The number of anilines is 1. The van der Waals surface area contributed by atoms with Crippen molar-refractivity contribution in [1.29, 1.82) is 0 Å². The number of hydrogen-bond donors (Lipinski definition) is 1. The van der Waals surface area contributed by atoms with E-state index in [0.29, 0.717) is 5.41 Å². The zero-order chi connectivity index (χ0) is 14.2. The second-order valence-electron chi connectivity index (χ2n) is 6.68. The largest absolute Gasteiger partial charge is 0.389 e. The van der Waals surface area contributed by atoms with Crippen molar-refractivity contribution >= 4 is 21.6 Å². The molecule has 0 amide bonds. The number of halogens is 1. The third kappa shape index (κ3) is 3.32. The standard InChI is InChI=1S/C16H24BrNO/c1-11(19)14-9-13(17)5-6-15(14)18-8-7-12(10-18)16(2,3)4/h5-6,9,11-12,19H,7-8,10H2,1-4H3. The van der Waals surface area contributed by atoms with Gasteiger partial charge in [0, 0.05) is 28.8 Å². The number of benzene rings is 1. The summed E-state index contributed by atoms with van der Waals surface area (Å²) in [6.45, 7) is 11.0. The van der Waals surface area contributed by atoms with E-state index in [-0.39, 0.29) is 0 Å². The Bertz CT molecular complexity index is 451. The van der Waals surface area contributed by atoms with Crippen molar-refractivity contribution in [2.24, 2.45) is 11.3 Å². The number of hydrogen-bond acceptors (Lipinski definition) is 2. The maximum Gasteiger partial charge on any atom is 0.0782 e. The van der Waals surface area contributed by atoms with Crippen molar-refractivity contribution in [3.8, 4) is 0 Å². The fourth-order valence-corrected chi connectivity index (χ4v) is 3.21. The molecule has 0 saturated carbocycles. The maximum absolute atomic E-state index is 9.97. The van der Waals surface area contributed by atoms with Crippen LogP contribution in [0.4, 0.5) is 5.69 Å². The average Bonchev–Trinajstić information content (AvgIpc) is 2.77. The minimum atomic E-state index is -0.429. The Morgan fingerprint density at radius 1 is 1.37 bits per heavy atom. The average molecular weight is 326 g/mol. The van der Waals surface area contributed by atoms with Gasteiger partial charge in [-0.2, -0.15) is 0 Å². The summed E-state index contributed by atoms with van der Waals surface area (Å²) in [6, 6.07) is 6.22. The van der Waals surface area contributed by atoms with E-state index in [0.717, 1.165) is 29.0 Å². The summed E-state index contributed by atoms with van der Waals surface area (Å²) in [7, 11) is 0. The van der Waals surface area contributed by atoms with Gasteiger partial charge in [0.25, 0.3) is 0 Å². The molecular formula is C16H24BrNO. The Morgan fingerprint density at radius 3 is 2.58 bits per heavy atom. The normalized spacial score (nSPS) is 21.8. The highest BCUT2D eigenvalue weighted by Gasteiger charge is 2.32. The van der Waals surface area contributed by atoms with Gasteiger partial charge in [-0.3, -0.25) is 0 Å². The molecule has 2 rings (SSSR count). The summed E-state index contributed by atoms with van der Waals surface area (Å²) in [5.74, 6) is 0.720. The Morgan fingerprint density at radius 2 is 2.05 bits per heavy atom. The molecule has 1 saturated heterocycles. The van der Waals surface area contributed by atoms with Crippen LogP contribution in [0.5, 0.6) is 0 Å². The first kappa shape index (κ1) is 14.9. The van der Waals surface area contributed by atoms with Crippen LogP contribution < -0.4 is 4.90 Å². The molecule has 2 nitrogen and oxygen atoms in total. The number of aliphatic hydroxyl groups excluding tert-OH is 1. The lowest BCUT2D eigenvalue weighted by molar-refractivity contribution is 0.199.